The van der Waals surface area contributed by atoms with Gasteiger partial charge in [-0.1, -0.05) is 11.3 Å². The third-order valence-corrected chi connectivity index (χ3v) is 4.64. The topological polar surface area (TPSA) is 35.0 Å². The molecule has 0 aliphatic carbocycles. The Bertz CT molecular complexity index is 289. The Morgan fingerprint density at radius 3 is 2.86 bits per heavy atom. The predicted molar refractivity (Wildman–Crippen MR) is 60.1 cm³/mol. The van der Waals surface area contributed by atoms with Crippen molar-refractivity contribution in [1.82, 2.24) is 10.2 Å². The zero-order chi connectivity index (χ0) is 9.80. The van der Waals surface area contributed by atoms with Crippen LogP contribution in [0.1, 0.15) is 17.8 Å². The van der Waals surface area contributed by atoms with Crippen molar-refractivity contribution in [3.63, 3.8) is 0 Å². The summed E-state index contributed by atoms with van der Waals surface area (Å²) in [4.78, 5) is 0. The van der Waals surface area contributed by atoms with Gasteiger partial charge < -0.3 is 4.74 Å². The summed E-state index contributed by atoms with van der Waals surface area (Å²) in [5.74, 6) is 0.926. The first kappa shape index (κ1) is 10.7. The molecule has 0 amide bonds. The molecule has 14 heavy (non-hydrogen) atoms. The molecule has 1 aromatic heterocycles. The minimum atomic E-state index is 0.535. The van der Waals surface area contributed by atoms with E-state index in [9.17, 15) is 0 Å². The van der Waals surface area contributed by atoms with Crippen LogP contribution in [0.3, 0.4) is 0 Å². The molecule has 1 aliphatic rings. The van der Waals surface area contributed by atoms with Crippen LogP contribution in [0.25, 0.3) is 0 Å². The summed E-state index contributed by atoms with van der Waals surface area (Å²) < 4.78 is 5.83. The SMILES string of the molecule is Clc1nnc(CSC2CCOCC2)s1. The molecule has 0 spiro atoms. The van der Waals surface area contributed by atoms with Gasteiger partial charge in [-0.05, 0) is 24.4 Å². The summed E-state index contributed by atoms with van der Waals surface area (Å²) in [5.41, 5.74) is 0. The molecule has 0 saturated carbocycles. The molecular weight excluding hydrogens is 240 g/mol. The molecule has 0 unspecified atom stereocenters. The number of nitrogens with zero attached hydrogens (tertiary/aromatic N) is 2. The molecule has 0 radical (unpaired) electrons. The molecule has 0 aromatic carbocycles. The van der Waals surface area contributed by atoms with Gasteiger partial charge >= 0.3 is 0 Å². The average molecular weight is 251 g/mol. The zero-order valence-corrected chi connectivity index (χ0v) is 10.00. The summed E-state index contributed by atoms with van der Waals surface area (Å²) in [7, 11) is 0. The van der Waals surface area contributed by atoms with E-state index >= 15 is 0 Å². The van der Waals surface area contributed by atoms with Crippen molar-refractivity contribution in [2.45, 2.75) is 23.8 Å². The van der Waals surface area contributed by atoms with Crippen LogP contribution in [0.15, 0.2) is 0 Å². The van der Waals surface area contributed by atoms with E-state index in [4.69, 9.17) is 16.3 Å². The number of aromatic nitrogens is 2. The number of hydrogen-bond donors (Lipinski definition) is 0. The highest BCUT2D eigenvalue weighted by Gasteiger charge is 2.14. The van der Waals surface area contributed by atoms with Gasteiger partial charge in [0.05, 0.1) is 0 Å². The van der Waals surface area contributed by atoms with Gasteiger partial charge in [-0.25, -0.2) is 0 Å². The maximum atomic E-state index is 5.70. The van der Waals surface area contributed by atoms with Crippen molar-refractivity contribution in [3.8, 4) is 0 Å². The summed E-state index contributed by atoms with van der Waals surface area (Å²) in [6, 6.07) is 0. The summed E-state index contributed by atoms with van der Waals surface area (Å²) in [6.45, 7) is 1.79. The van der Waals surface area contributed by atoms with E-state index in [1.165, 1.54) is 11.3 Å². The molecule has 6 heteroatoms. The average Bonchev–Trinajstić information content (AvgIpc) is 2.63. The lowest BCUT2D eigenvalue weighted by Gasteiger charge is -2.20. The lowest BCUT2D eigenvalue weighted by Crippen LogP contribution is -2.17. The Hall–Kier alpha value is 0.160. The Morgan fingerprint density at radius 1 is 1.43 bits per heavy atom. The number of hydrogen-bond acceptors (Lipinski definition) is 5. The number of halogens is 1. The normalized spacial score (nSPS) is 18.6. The quantitative estimate of drug-likeness (QED) is 0.826. The van der Waals surface area contributed by atoms with Crippen molar-refractivity contribution in [2.24, 2.45) is 0 Å². The number of ether oxygens (including phenoxy) is 1. The predicted octanol–water partition coefficient (Wildman–Crippen LogP) is 2.60. The van der Waals surface area contributed by atoms with Gasteiger partial charge in [0.15, 0.2) is 0 Å². The lowest BCUT2D eigenvalue weighted by atomic mass is 10.2. The van der Waals surface area contributed by atoms with Gasteiger partial charge in [0.25, 0.3) is 0 Å². The van der Waals surface area contributed by atoms with Crippen molar-refractivity contribution in [1.29, 1.82) is 0 Å². The fourth-order valence-corrected chi connectivity index (χ4v) is 3.39. The van der Waals surface area contributed by atoms with E-state index in [0.717, 1.165) is 36.8 Å². The molecule has 1 aliphatic heterocycles. The van der Waals surface area contributed by atoms with E-state index in [-0.39, 0.29) is 0 Å². The fourth-order valence-electron chi connectivity index (χ4n) is 1.32. The minimum Gasteiger partial charge on any atom is -0.381 e. The summed E-state index contributed by atoms with van der Waals surface area (Å²) in [6.07, 6.45) is 2.30. The second kappa shape index (κ2) is 5.30. The standard InChI is InChI=1S/C8H11ClN2OS2/c9-8-11-10-7(14-8)5-13-6-1-3-12-4-2-6/h6H,1-5H2. The van der Waals surface area contributed by atoms with E-state index in [1.54, 1.807) is 0 Å². The van der Waals surface area contributed by atoms with Crippen LogP contribution in [0.4, 0.5) is 0 Å². The molecule has 0 bridgehead atoms. The van der Waals surface area contributed by atoms with Gasteiger partial charge in [-0.3, -0.25) is 0 Å². The van der Waals surface area contributed by atoms with Crippen molar-refractivity contribution in [3.05, 3.63) is 9.47 Å². The van der Waals surface area contributed by atoms with E-state index in [2.05, 4.69) is 10.2 Å². The molecule has 0 N–H and O–H groups in total. The molecule has 2 rings (SSSR count). The first-order valence-corrected chi connectivity index (χ1v) is 6.76. The lowest BCUT2D eigenvalue weighted by molar-refractivity contribution is 0.1000. The van der Waals surface area contributed by atoms with E-state index in [0.29, 0.717) is 9.72 Å². The van der Waals surface area contributed by atoms with Crippen LogP contribution in [0.5, 0.6) is 0 Å². The monoisotopic (exact) mass is 250 g/mol. The maximum absolute atomic E-state index is 5.70. The largest absolute Gasteiger partial charge is 0.381 e. The fraction of sp³-hybridized carbons (Fsp3) is 0.750. The molecule has 78 valence electrons. The Labute approximate surface area is 96.2 Å². The molecule has 2 heterocycles. The highest BCUT2D eigenvalue weighted by molar-refractivity contribution is 7.99. The molecule has 1 fully saturated rings. The zero-order valence-electron chi connectivity index (χ0n) is 7.61. The highest BCUT2D eigenvalue weighted by Crippen LogP contribution is 2.27. The van der Waals surface area contributed by atoms with Gasteiger partial charge in [-0.2, -0.15) is 11.8 Å². The number of rotatable bonds is 3. The maximum Gasteiger partial charge on any atom is 0.207 e. The van der Waals surface area contributed by atoms with E-state index < -0.39 is 0 Å². The minimum absolute atomic E-state index is 0.535. The molecule has 1 aromatic rings. The Balaban J connectivity index is 1.76. The van der Waals surface area contributed by atoms with Crippen LogP contribution >= 0.6 is 34.7 Å². The van der Waals surface area contributed by atoms with Gasteiger partial charge in [0.1, 0.15) is 5.01 Å². The second-order valence-electron chi connectivity index (χ2n) is 3.07. The Morgan fingerprint density at radius 2 is 2.21 bits per heavy atom. The third kappa shape index (κ3) is 3.08. The molecule has 0 atom stereocenters. The van der Waals surface area contributed by atoms with Gasteiger partial charge in [0.2, 0.25) is 4.47 Å². The molecular formula is C8H11ClN2OS2. The third-order valence-electron chi connectivity index (χ3n) is 2.05. The van der Waals surface area contributed by atoms with Crippen LogP contribution in [0.2, 0.25) is 4.47 Å². The first-order chi connectivity index (χ1) is 6.84. The van der Waals surface area contributed by atoms with Crippen molar-refractivity contribution >= 4 is 34.7 Å². The molecule has 3 nitrogen and oxygen atoms in total. The van der Waals surface area contributed by atoms with Gasteiger partial charge in [0, 0.05) is 24.2 Å². The van der Waals surface area contributed by atoms with Crippen LogP contribution < -0.4 is 0 Å². The smallest absolute Gasteiger partial charge is 0.207 e. The Kier molecular flexibility index (Phi) is 4.04. The first-order valence-electron chi connectivity index (χ1n) is 4.52. The van der Waals surface area contributed by atoms with Gasteiger partial charge in [-0.15, -0.1) is 10.2 Å². The summed E-state index contributed by atoms with van der Waals surface area (Å²) >= 11 is 9.10. The molecule has 1 saturated heterocycles. The van der Waals surface area contributed by atoms with Crippen LogP contribution in [-0.2, 0) is 10.5 Å². The van der Waals surface area contributed by atoms with Crippen LogP contribution in [0, 0.1) is 0 Å². The summed E-state index contributed by atoms with van der Waals surface area (Å²) in [5, 5.41) is 9.50. The van der Waals surface area contributed by atoms with Crippen molar-refractivity contribution < 1.29 is 4.74 Å². The number of thioether (sulfide) groups is 1. The highest BCUT2D eigenvalue weighted by atomic mass is 35.5. The van der Waals surface area contributed by atoms with Crippen LogP contribution in [-0.4, -0.2) is 28.7 Å². The van der Waals surface area contributed by atoms with E-state index in [1.807, 2.05) is 11.8 Å². The second-order valence-corrected chi connectivity index (χ2v) is 6.00. The van der Waals surface area contributed by atoms with Crippen molar-refractivity contribution in [2.75, 3.05) is 13.2 Å².